The molecule has 1 nitrogen and oxygen atoms in total. The van der Waals surface area contributed by atoms with E-state index in [-0.39, 0.29) is 6.04 Å². The normalized spacial score (nSPS) is 12.4. The molecule has 0 aliphatic carbocycles. The Hall–Kier alpha value is -1.52. The highest BCUT2D eigenvalue weighted by molar-refractivity contribution is 6.30. The van der Waals surface area contributed by atoms with Crippen LogP contribution < -0.4 is 5.32 Å². The van der Waals surface area contributed by atoms with Crippen molar-refractivity contribution in [1.29, 1.82) is 0 Å². The van der Waals surface area contributed by atoms with E-state index in [1.165, 1.54) is 18.2 Å². The summed E-state index contributed by atoms with van der Waals surface area (Å²) in [5, 5.41) is 3.42. The Morgan fingerprint density at radius 2 is 1.80 bits per heavy atom. The number of hydrogen-bond acceptors (Lipinski definition) is 1. The lowest BCUT2D eigenvalue weighted by atomic mass is 10.1. The first kappa shape index (κ1) is 14.9. The maximum absolute atomic E-state index is 13.2. The highest BCUT2D eigenvalue weighted by Gasteiger charge is 2.09. The van der Waals surface area contributed by atoms with Crippen molar-refractivity contribution in [1.82, 2.24) is 5.32 Å². The van der Waals surface area contributed by atoms with Crippen LogP contribution in [0.25, 0.3) is 0 Å². The molecule has 0 heterocycles. The van der Waals surface area contributed by atoms with Gasteiger partial charge in [-0.2, -0.15) is 0 Å². The first-order valence-electron chi connectivity index (χ1n) is 6.09. The second-order valence-corrected chi connectivity index (χ2v) is 4.99. The van der Waals surface area contributed by atoms with Crippen molar-refractivity contribution in [2.24, 2.45) is 0 Å². The van der Waals surface area contributed by atoms with Gasteiger partial charge in [0.25, 0.3) is 0 Å². The second-order valence-electron chi connectivity index (χ2n) is 4.55. The highest BCUT2D eigenvalue weighted by atomic mass is 35.5. The SMILES string of the molecule is CC(NCc1cc(F)cc(Cl)c1)c1ccc(F)c(F)c1. The van der Waals surface area contributed by atoms with Crippen LogP contribution in [0.5, 0.6) is 0 Å². The number of benzene rings is 2. The molecule has 0 bridgehead atoms. The fourth-order valence-corrected chi connectivity index (χ4v) is 2.13. The molecule has 0 amide bonds. The van der Waals surface area contributed by atoms with E-state index in [2.05, 4.69) is 5.32 Å². The molecule has 0 spiro atoms. The van der Waals surface area contributed by atoms with Crippen LogP contribution in [0.2, 0.25) is 5.02 Å². The highest BCUT2D eigenvalue weighted by Crippen LogP contribution is 2.18. The molecule has 0 saturated carbocycles. The number of rotatable bonds is 4. The maximum atomic E-state index is 13.2. The van der Waals surface area contributed by atoms with Crippen LogP contribution in [0.4, 0.5) is 13.2 Å². The van der Waals surface area contributed by atoms with Crippen molar-refractivity contribution in [3.05, 3.63) is 70.0 Å². The van der Waals surface area contributed by atoms with Crippen LogP contribution in [0, 0.1) is 17.5 Å². The van der Waals surface area contributed by atoms with E-state index in [4.69, 9.17) is 11.6 Å². The van der Waals surface area contributed by atoms with Gasteiger partial charge in [-0.3, -0.25) is 0 Å². The zero-order valence-electron chi connectivity index (χ0n) is 10.8. The average molecular weight is 300 g/mol. The molecular weight excluding hydrogens is 287 g/mol. The number of halogens is 4. The molecule has 5 heteroatoms. The average Bonchev–Trinajstić information content (AvgIpc) is 2.38. The van der Waals surface area contributed by atoms with E-state index in [0.717, 1.165) is 12.1 Å². The van der Waals surface area contributed by atoms with E-state index in [1.54, 1.807) is 6.07 Å². The van der Waals surface area contributed by atoms with Gasteiger partial charge in [-0.25, -0.2) is 13.2 Å². The summed E-state index contributed by atoms with van der Waals surface area (Å²) in [5.41, 5.74) is 1.30. The molecule has 2 aromatic rings. The predicted octanol–water partition coefficient (Wildman–Crippen LogP) is 4.61. The zero-order chi connectivity index (χ0) is 14.7. The Labute approximate surface area is 120 Å². The van der Waals surface area contributed by atoms with E-state index in [1.807, 2.05) is 6.92 Å². The first-order valence-corrected chi connectivity index (χ1v) is 6.47. The summed E-state index contributed by atoms with van der Waals surface area (Å²) in [5.74, 6) is -2.17. The summed E-state index contributed by atoms with van der Waals surface area (Å²) < 4.78 is 39.2. The molecule has 106 valence electrons. The first-order chi connectivity index (χ1) is 9.45. The summed E-state index contributed by atoms with van der Waals surface area (Å²) in [6.45, 7) is 2.19. The Kier molecular flexibility index (Phi) is 4.68. The fourth-order valence-electron chi connectivity index (χ4n) is 1.88. The lowest BCUT2D eigenvalue weighted by molar-refractivity contribution is 0.500. The van der Waals surface area contributed by atoms with E-state index < -0.39 is 17.5 Å². The van der Waals surface area contributed by atoms with Crippen LogP contribution >= 0.6 is 11.6 Å². The van der Waals surface area contributed by atoms with Gasteiger partial charge < -0.3 is 5.32 Å². The molecule has 2 aromatic carbocycles. The summed E-state index contributed by atoms with van der Waals surface area (Å²) in [4.78, 5) is 0. The van der Waals surface area contributed by atoms with Gasteiger partial charge in [0, 0.05) is 17.6 Å². The van der Waals surface area contributed by atoms with Crippen molar-refractivity contribution in [2.45, 2.75) is 19.5 Å². The largest absolute Gasteiger partial charge is 0.306 e. The fraction of sp³-hybridized carbons (Fsp3) is 0.200. The molecule has 2 rings (SSSR count). The lowest BCUT2D eigenvalue weighted by Crippen LogP contribution is -2.18. The Bertz CT molecular complexity index is 596. The van der Waals surface area contributed by atoms with E-state index >= 15 is 0 Å². The third-order valence-electron chi connectivity index (χ3n) is 2.98. The molecule has 0 radical (unpaired) electrons. The van der Waals surface area contributed by atoms with Crippen molar-refractivity contribution in [3.63, 3.8) is 0 Å². The van der Waals surface area contributed by atoms with E-state index in [9.17, 15) is 13.2 Å². The molecule has 20 heavy (non-hydrogen) atoms. The summed E-state index contributed by atoms with van der Waals surface area (Å²) in [6.07, 6.45) is 0. The van der Waals surface area contributed by atoms with Gasteiger partial charge in [0.1, 0.15) is 5.82 Å². The maximum Gasteiger partial charge on any atom is 0.159 e. The van der Waals surface area contributed by atoms with Gasteiger partial charge in [-0.05, 0) is 48.4 Å². The third kappa shape index (κ3) is 3.74. The zero-order valence-corrected chi connectivity index (χ0v) is 11.5. The van der Waals surface area contributed by atoms with Gasteiger partial charge in [0.05, 0.1) is 0 Å². The van der Waals surface area contributed by atoms with Gasteiger partial charge in [0.15, 0.2) is 11.6 Å². The quantitative estimate of drug-likeness (QED) is 0.869. The monoisotopic (exact) mass is 299 g/mol. The minimum absolute atomic E-state index is 0.202. The Balaban J connectivity index is 2.04. The van der Waals surface area contributed by atoms with Crippen molar-refractivity contribution in [3.8, 4) is 0 Å². The molecule has 1 unspecified atom stereocenters. The second kappa shape index (κ2) is 6.29. The van der Waals surface area contributed by atoms with Gasteiger partial charge in [-0.1, -0.05) is 17.7 Å². The number of nitrogens with one attached hydrogen (secondary N) is 1. The summed E-state index contributed by atoms with van der Waals surface area (Å²) in [7, 11) is 0. The molecule has 0 saturated heterocycles. The summed E-state index contributed by atoms with van der Waals surface area (Å²) in [6, 6.07) is 7.78. The molecular formula is C15H13ClF3N. The standard InChI is InChI=1S/C15H13ClF3N/c1-9(11-2-3-14(18)15(19)6-11)20-8-10-4-12(16)7-13(17)5-10/h2-7,9,20H,8H2,1H3. The number of hydrogen-bond donors (Lipinski definition) is 1. The summed E-state index contributed by atoms with van der Waals surface area (Å²) >= 11 is 5.76. The smallest absolute Gasteiger partial charge is 0.159 e. The predicted molar refractivity (Wildman–Crippen MR) is 73.0 cm³/mol. The van der Waals surface area contributed by atoms with Gasteiger partial charge in [-0.15, -0.1) is 0 Å². The van der Waals surface area contributed by atoms with Crippen molar-refractivity contribution >= 4 is 11.6 Å². The van der Waals surface area contributed by atoms with Crippen LogP contribution in [0.15, 0.2) is 36.4 Å². The molecule has 0 aliphatic rings. The van der Waals surface area contributed by atoms with Gasteiger partial charge in [0.2, 0.25) is 0 Å². The van der Waals surface area contributed by atoms with Crippen LogP contribution in [0.3, 0.4) is 0 Å². The third-order valence-corrected chi connectivity index (χ3v) is 3.20. The van der Waals surface area contributed by atoms with Crippen LogP contribution in [-0.4, -0.2) is 0 Å². The molecule has 1 N–H and O–H groups in total. The minimum Gasteiger partial charge on any atom is -0.306 e. The Morgan fingerprint density at radius 3 is 2.45 bits per heavy atom. The molecule has 1 atom stereocenters. The molecule has 0 aromatic heterocycles. The molecule has 0 aliphatic heterocycles. The van der Waals surface area contributed by atoms with Crippen LogP contribution in [0.1, 0.15) is 24.1 Å². The van der Waals surface area contributed by atoms with Crippen molar-refractivity contribution < 1.29 is 13.2 Å². The topological polar surface area (TPSA) is 12.0 Å². The lowest BCUT2D eigenvalue weighted by Gasteiger charge is -2.15. The van der Waals surface area contributed by atoms with Gasteiger partial charge >= 0.3 is 0 Å². The molecule has 0 fully saturated rings. The van der Waals surface area contributed by atoms with Crippen LogP contribution in [-0.2, 0) is 6.54 Å². The van der Waals surface area contributed by atoms with Crippen molar-refractivity contribution in [2.75, 3.05) is 0 Å². The minimum atomic E-state index is -0.884. The van der Waals surface area contributed by atoms with E-state index in [0.29, 0.717) is 22.7 Å². The Morgan fingerprint density at radius 1 is 1.05 bits per heavy atom.